The van der Waals surface area contributed by atoms with Crippen molar-refractivity contribution in [3.8, 4) is 5.75 Å². The van der Waals surface area contributed by atoms with Gasteiger partial charge in [0.05, 0.1) is 5.56 Å². The molecule has 1 unspecified atom stereocenters. The lowest BCUT2D eigenvalue weighted by molar-refractivity contribution is -0.178. The monoisotopic (exact) mass is 580 g/mol. The fourth-order valence-corrected chi connectivity index (χ4v) is 8.41. The van der Waals surface area contributed by atoms with Crippen LogP contribution in [0.4, 0.5) is 0 Å². The maximum atomic E-state index is 14.5. The van der Waals surface area contributed by atoms with E-state index in [-0.39, 0.29) is 34.6 Å². The number of fused-ring (bicyclic) bond motifs is 3. The Balaban J connectivity index is 1.99. The summed E-state index contributed by atoms with van der Waals surface area (Å²) in [4.78, 5) is 40.8. The minimum absolute atomic E-state index is 0.0676. The van der Waals surface area contributed by atoms with Crippen LogP contribution in [0.1, 0.15) is 110 Å². The number of aliphatic hydroxyl groups is 3. The van der Waals surface area contributed by atoms with Crippen LogP contribution in [-0.2, 0) is 33.6 Å². The van der Waals surface area contributed by atoms with E-state index in [9.17, 15) is 34.8 Å². The maximum Gasteiger partial charge on any atom is 0.203 e. The molecule has 0 bridgehead atoms. The molecule has 3 aliphatic carbocycles. The number of rotatable bonds is 7. The van der Waals surface area contributed by atoms with E-state index in [1.54, 1.807) is 20.8 Å². The summed E-state index contributed by atoms with van der Waals surface area (Å²) in [6, 6.07) is 2.03. The molecule has 230 valence electrons. The summed E-state index contributed by atoms with van der Waals surface area (Å²) in [6.45, 7) is 16.8. The molecular formula is C35H48O7. The number of phenolic OH excluding ortho intramolecular Hbond substituents is 1. The average molecular weight is 581 g/mol. The van der Waals surface area contributed by atoms with E-state index in [2.05, 4.69) is 27.7 Å². The Labute approximate surface area is 249 Å². The minimum Gasteiger partial charge on any atom is -0.508 e. The van der Waals surface area contributed by atoms with E-state index in [4.69, 9.17) is 0 Å². The molecule has 0 aliphatic heterocycles. The molecule has 1 aromatic carbocycles. The number of aryl methyl sites for hydroxylation is 2. The van der Waals surface area contributed by atoms with Crippen molar-refractivity contribution >= 4 is 23.1 Å². The molecule has 4 atom stereocenters. The van der Waals surface area contributed by atoms with Gasteiger partial charge in [0.25, 0.3) is 0 Å². The van der Waals surface area contributed by atoms with Crippen molar-refractivity contribution in [3.05, 3.63) is 45.2 Å². The highest BCUT2D eigenvalue weighted by molar-refractivity contribution is 6.24. The summed E-state index contributed by atoms with van der Waals surface area (Å²) < 4.78 is 0. The third kappa shape index (κ3) is 4.54. The number of phenols is 1. The number of hydrogen-bond donors (Lipinski definition) is 4. The van der Waals surface area contributed by atoms with Gasteiger partial charge < -0.3 is 20.4 Å². The Kier molecular flexibility index (Phi) is 7.89. The predicted molar refractivity (Wildman–Crippen MR) is 162 cm³/mol. The zero-order valence-electron chi connectivity index (χ0n) is 26.7. The van der Waals surface area contributed by atoms with Crippen molar-refractivity contribution < 1.29 is 34.8 Å². The summed E-state index contributed by atoms with van der Waals surface area (Å²) in [7, 11) is 0. The zero-order chi connectivity index (χ0) is 31.7. The third-order valence-corrected chi connectivity index (χ3v) is 10.1. The van der Waals surface area contributed by atoms with Crippen molar-refractivity contribution in [2.24, 2.45) is 28.1 Å². The van der Waals surface area contributed by atoms with E-state index in [0.717, 1.165) is 43.7 Å². The van der Waals surface area contributed by atoms with Gasteiger partial charge in [-0.3, -0.25) is 14.4 Å². The van der Waals surface area contributed by atoms with Crippen molar-refractivity contribution in [1.29, 1.82) is 0 Å². The lowest BCUT2D eigenvalue weighted by Crippen LogP contribution is -2.69. The zero-order valence-corrected chi connectivity index (χ0v) is 26.7. The van der Waals surface area contributed by atoms with Gasteiger partial charge in [-0.1, -0.05) is 67.9 Å². The molecule has 1 aromatic rings. The van der Waals surface area contributed by atoms with Gasteiger partial charge in [-0.05, 0) is 73.5 Å². The molecular weight excluding hydrogens is 532 g/mol. The first-order valence-electron chi connectivity index (χ1n) is 15.3. The lowest BCUT2D eigenvalue weighted by atomic mass is 9.43. The van der Waals surface area contributed by atoms with Gasteiger partial charge in [0.15, 0.2) is 17.2 Å². The molecule has 7 nitrogen and oxygen atoms in total. The van der Waals surface area contributed by atoms with Crippen LogP contribution in [0.25, 0.3) is 5.76 Å². The first-order valence-corrected chi connectivity index (χ1v) is 15.3. The predicted octanol–water partition coefficient (Wildman–Crippen LogP) is 6.51. The molecule has 0 saturated heterocycles. The van der Waals surface area contributed by atoms with Crippen molar-refractivity contribution in [2.45, 2.75) is 113 Å². The fourth-order valence-electron chi connectivity index (χ4n) is 8.41. The Morgan fingerprint density at radius 1 is 1.07 bits per heavy atom. The Bertz CT molecular complexity index is 1420. The average Bonchev–Trinajstić information content (AvgIpc) is 2.83. The van der Waals surface area contributed by atoms with Crippen molar-refractivity contribution in [1.82, 2.24) is 0 Å². The Hall–Kier alpha value is -2.93. The highest BCUT2D eigenvalue weighted by atomic mass is 16.3. The smallest absolute Gasteiger partial charge is 0.203 e. The molecule has 4 rings (SSSR count). The second kappa shape index (κ2) is 10.4. The minimum atomic E-state index is -2.59. The van der Waals surface area contributed by atoms with Gasteiger partial charge >= 0.3 is 0 Å². The van der Waals surface area contributed by atoms with Crippen LogP contribution in [0.15, 0.2) is 23.0 Å². The second-order valence-electron chi connectivity index (χ2n) is 15.0. The number of carbonyl (C=O) groups excluding carboxylic acids is 3. The van der Waals surface area contributed by atoms with Gasteiger partial charge in [-0.25, -0.2) is 0 Å². The van der Waals surface area contributed by atoms with Gasteiger partial charge in [-0.2, -0.15) is 0 Å². The van der Waals surface area contributed by atoms with Crippen molar-refractivity contribution in [2.75, 3.05) is 0 Å². The highest BCUT2D eigenvalue weighted by Gasteiger charge is 2.72. The SMILES string of the molecule is CCCc1cc(CCCC(C)(C)C)c(O)c2c1C[C@]1(C)C[C@]3(C)C(C(C)C)C(=O)C(C(C)=O)=C(O)[C@]3(O)C(=O)C1=C2O. The van der Waals surface area contributed by atoms with Crippen LogP contribution in [0, 0.1) is 28.1 Å². The summed E-state index contributed by atoms with van der Waals surface area (Å²) in [6.07, 6.45) is 4.37. The molecule has 0 amide bonds. The molecule has 0 heterocycles. The van der Waals surface area contributed by atoms with E-state index in [1.165, 1.54) is 0 Å². The van der Waals surface area contributed by atoms with Crippen LogP contribution < -0.4 is 0 Å². The lowest BCUT2D eigenvalue weighted by Gasteiger charge is -2.59. The molecule has 0 spiro atoms. The van der Waals surface area contributed by atoms with Crippen molar-refractivity contribution in [3.63, 3.8) is 0 Å². The van der Waals surface area contributed by atoms with E-state index in [1.807, 2.05) is 13.0 Å². The topological polar surface area (TPSA) is 132 Å². The number of hydrogen-bond acceptors (Lipinski definition) is 7. The number of aliphatic hydroxyl groups excluding tert-OH is 2. The quantitative estimate of drug-likeness (QED) is 0.270. The first kappa shape index (κ1) is 32.0. The third-order valence-electron chi connectivity index (χ3n) is 10.1. The Morgan fingerprint density at radius 2 is 1.69 bits per heavy atom. The largest absolute Gasteiger partial charge is 0.508 e. The number of allylic oxidation sites excluding steroid dienone is 1. The Morgan fingerprint density at radius 3 is 2.21 bits per heavy atom. The number of benzene rings is 1. The van der Waals surface area contributed by atoms with Crippen LogP contribution >= 0.6 is 0 Å². The summed E-state index contributed by atoms with van der Waals surface area (Å²) in [5.41, 5.74) is -2.87. The molecule has 42 heavy (non-hydrogen) atoms. The summed E-state index contributed by atoms with van der Waals surface area (Å²) >= 11 is 0. The molecule has 1 saturated carbocycles. The van der Waals surface area contributed by atoms with Crippen LogP contribution in [-0.4, -0.2) is 43.4 Å². The standard InChI is InChI=1S/C35H48O7/c1-10-12-20-15-21(13-11-14-32(5,6)7)27(37)24-22(20)16-33(8)17-34(9)25(18(2)3)28(38)23(19(4)36)30(40)35(34,42)31(41)26(33)29(24)39/h15,18,25,37,39-40,42H,10-14,16-17H2,1-9H3/t25?,33-,34-,35+/m1/s1. The van der Waals surface area contributed by atoms with Crippen LogP contribution in [0.5, 0.6) is 5.75 Å². The molecule has 4 N–H and O–H groups in total. The number of aromatic hydroxyl groups is 1. The van der Waals surface area contributed by atoms with Gasteiger partial charge in [-0.15, -0.1) is 0 Å². The summed E-state index contributed by atoms with van der Waals surface area (Å²) in [5.74, 6) is -4.90. The number of ketones is 3. The molecule has 1 fully saturated rings. The van der Waals surface area contributed by atoms with E-state index < -0.39 is 56.8 Å². The number of carbonyl (C=O) groups is 3. The van der Waals surface area contributed by atoms with Crippen LogP contribution in [0.3, 0.4) is 0 Å². The fraction of sp³-hybridized carbons (Fsp3) is 0.629. The number of Topliss-reactive ketones (excluding diaryl/α,β-unsaturated/α-hetero) is 3. The van der Waals surface area contributed by atoms with Gasteiger partial charge in [0, 0.05) is 22.3 Å². The maximum absolute atomic E-state index is 14.5. The van der Waals surface area contributed by atoms with Gasteiger partial charge in [0.1, 0.15) is 22.8 Å². The summed E-state index contributed by atoms with van der Waals surface area (Å²) in [5, 5.41) is 47.0. The first-order chi connectivity index (χ1) is 19.3. The van der Waals surface area contributed by atoms with E-state index in [0.29, 0.717) is 18.4 Å². The second-order valence-corrected chi connectivity index (χ2v) is 15.0. The molecule has 0 aromatic heterocycles. The molecule has 0 radical (unpaired) electrons. The normalized spacial score (nSPS) is 29.5. The highest BCUT2D eigenvalue weighted by Crippen LogP contribution is 2.65. The van der Waals surface area contributed by atoms with E-state index >= 15 is 0 Å². The van der Waals surface area contributed by atoms with Crippen LogP contribution in [0.2, 0.25) is 0 Å². The molecule has 3 aliphatic rings. The molecule has 7 heteroatoms. The van der Waals surface area contributed by atoms with Gasteiger partial charge in [0.2, 0.25) is 5.78 Å².